The summed E-state index contributed by atoms with van der Waals surface area (Å²) in [5.74, 6) is -0.0918. The standard InChI is InChI=1S/C26H25ClFN7OS/c27-23-14-32-26(37-23)25(36)33-15-5-3-6-16(11-15)35-22-12-20(19(30)9-4-10-29)31-13-21(22)34-24(35)17-7-1-2-8-18(17)28/h1-2,4,7-10,12-16H,3,5-6,11,29-30H2,(H,33,36)/b10-4-,19-9-. The van der Waals surface area contributed by atoms with Gasteiger partial charge in [-0.2, -0.15) is 0 Å². The summed E-state index contributed by atoms with van der Waals surface area (Å²) in [5, 5.41) is 3.42. The minimum Gasteiger partial charge on any atom is -0.405 e. The van der Waals surface area contributed by atoms with Gasteiger partial charge in [0.2, 0.25) is 0 Å². The van der Waals surface area contributed by atoms with Crippen LogP contribution in [0.2, 0.25) is 4.34 Å². The molecule has 0 saturated heterocycles. The first kappa shape index (κ1) is 24.9. The van der Waals surface area contributed by atoms with Crippen molar-refractivity contribution in [2.75, 3.05) is 0 Å². The van der Waals surface area contributed by atoms with Gasteiger partial charge in [0, 0.05) is 12.1 Å². The van der Waals surface area contributed by atoms with Gasteiger partial charge in [0.25, 0.3) is 5.91 Å². The predicted octanol–water partition coefficient (Wildman–Crippen LogP) is 5.03. The molecule has 1 aromatic carbocycles. The molecule has 11 heteroatoms. The van der Waals surface area contributed by atoms with E-state index in [1.54, 1.807) is 36.5 Å². The number of fused-ring (bicyclic) bond motifs is 1. The third kappa shape index (κ3) is 5.21. The Kier molecular flexibility index (Phi) is 7.20. The van der Waals surface area contributed by atoms with Crippen molar-refractivity contribution in [2.45, 2.75) is 37.8 Å². The highest BCUT2D eigenvalue weighted by molar-refractivity contribution is 7.17. The van der Waals surface area contributed by atoms with Gasteiger partial charge in [-0.25, -0.2) is 14.4 Å². The Morgan fingerprint density at radius 2 is 2.08 bits per heavy atom. The molecule has 5 rings (SSSR count). The van der Waals surface area contributed by atoms with Gasteiger partial charge in [-0.3, -0.25) is 9.78 Å². The maximum atomic E-state index is 14.9. The summed E-state index contributed by atoms with van der Waals surface area (Å²) in [4.78, 5) is 26.0. The van der Waals surface area contributed by atoms with Gasteiger partial charge >= 0.3 is 0 Å². The van der Waals surface area contributed by atoms with Crippen LogP contribution in [0.4, 0.5) is 4.39 Å². The number of carbonyl (C=O) groups is 1. The van der Waals surface area contributed by atoms with E-state index in [1.807, 2.05) is 6.07 Å². The number of nitrogens with two attached hydrogens (primary N) is 2. The summed E-state index contributed by atoms with van der Waals surface area (Å²) < 4.78 is 17.5. The van der Waals surface area contributed by atoms with E-state index >= 15 is 0 Å². The molecule has 0 aliphatic heterocycles. The minimum absolute atomic E-state index is 0.0390. The maximum absolute atomic E-state index is 14.9. The smallest absolute Gasteiger partial charge is 0.280 e. The summed E-state index contributed by atoms with van der Waals surface area (Å²) in [6.07, 6.45) is 11.0. The molecule has 190 valence electrons. The number of nitrogens with one attached hydrogen (secondary N) is 1. The number of pyridine rings is 1. The number of hydrogen-bond acceptors (Lipinski definition) is 7. The quantitative estimate of drug-likeness (QED) is 0.296. The van der Waals surface area contributed by atoms with Gasteiger partial charge in [0.15, 0.2) is 5.01 Å². The number of rotatable bonds is 6. The van der Waals surface area contributed by atoms with Gasteiger partial charge in [-0.1, -0.05) is 35.1 Å². The number of allylic oxidation sites excluding steroid dienone is 2. The highest BCUT2D eigenvalue weighted by atomic mass is 35.5. The van der Waals surface area contributed by atoms with Crippen LogP contribution in [0.5, 0.6) is 0 Å². The fourth-order valence-corrected chi connectivity index (χ4v) is 5.55. The second-order valence-electron chi connectivity index (χ2n) is 8.81. The van der Waals surface area contributed by atoms with Crippen molar-refractivity contribution in [3.8, 4) is 11.4 Å². The number of amides is 1. The fourth-order valence-electron chi connectivity index (χ4n) is 4.74. The molecule has 0 spiro atoms. The molecule has 0 radical (unpaired) electrons. The molecule has 3 heterocycles. The summed E-state index contributed by atoms with van der Waals surface area (Å²) >= 11 is 7.10. The lowest BCUT2D eigenvalue weighted by Crippen LogP contribution is -2.39. The summed E-state index contributed by atoms with van der Waals surface area (Å²) in [6, 6.07) is 8.32. The molecular weight excluding hydrogens is 513 g/mol. The van der Waals surface area contributed by atoms with Crippen molar-refractivity contribution in [1.82, 2.24) is 24.8 Å². The molecule has 3 aromatic heterocycles. The summed E-state index contributed by atoms with van der Waals surface area (Å²) in [6.45, 7) is 0. The lowest BCUT2D eigenvalue weighted by atomic mass is 9.90. The van der Waals surface area contributed by atoms with Crippen LogP contribution in [0.15, 0.2) is 61.1 Å². The number of aromatic nitrogens is 4. The second-order valence-corrected chi connectivity index (χ2v) is 10.5. The van der Waals surface area contributed by atoms with E-state index in [1.165, 1.54) is 18.5 Å². The lowest BCUT2D eigenvalue weighted by molar-refractivity contribution is 0.0920. The Labute approximate surface area is 221 Å². The van der Waals surface area contributed by atoms with E-state index in [0.717, 1.165) is 36.1 Å². The van der Waals surface area contributed by atoms with Gasteiger partial charge in [0.05, 0.1) is 34.9 Å². The van der Waals surface area contributed by atoms with Crippen molar-refractivity contribution >= 4 is 45.6 Å². The average molecular weight is 538 g/mol. The number of hydrogen-bond donors (Lipinski definition) is 3. The van der Waals surface area contributed by atoms with Crippen LogP contribution in [0.3, 0.4) is 0 Å². The number of carbonyl (C=O) groups excluding carboxylic acids is 1. The number of imidazole rings is 1. The van der Waals surface area contributed by atoms with Crippen molar-refractivity contribution in [1.29, 1.82) is 0 Å². The first-order chi connectivity index (χ1) is 17.9. The maximum Gasteiger partial charge on any atom is 0.280 e. The van der Waals surface area contributed by atoms with Crippen LogP contribution in [-0.4, -0.2) is 31.5 Å². The van der Waals surface area contributed by atoms with E-state index in [0.29, 0.717) is 44.1 Å². The third-order valence-corrected chi connectivity index (χ3v) is 7.51. The van der Waals surface area contributed by atoms with E-state index in [4.69, 9.17) is 28.1 Å². The highest BCUT2D eigenvalue weighted by Gasteiger charge is 2.29. The van der Waals surface area contributed by atoms with Crippen molar-refractivity contribution < 1.29 is 9.18 Å². The Bertz CT molecular complexity index is 1510. The van der Waals surface area contributed by atoms with E-state index < -0.39 is 0 Å². The molecule has 1 aliphatic carbocycles. The first-order valence-electron chi connectivity index (χ1n) is 11.8. The minimum atomic E-state index is -0.360. The van der Waals surface area contributed by atoms with Crippen LogP contribution < -0.4 is 16.8 Å². The summed E-state index contributed by atoms with van der Waals surface area (Å²) in [7, 11) is 0. The third-order valence-electron chi connectivity index (χ3n) is 6.39. The number of benzene rings is 1. The largest absolute Gasteiger partial charge is 0.405 e. The molecule has 1 saturated carbocycles. The molecule has 5 N–H and O–H groups in total. The predicted molar refractivity (Wildman–Crippen MR) is 144 cm³/mol. The zero-order chi connectivity index (χ0) is 25.9. The zero-order valence-corrected chi connectivity index (χ0v) is 21.3. The molecule has 1 aliphatic rings. The SMILES string of the molecule is N/C=C\C=C(/N)c1cc2c(cn1)nc(-c1ccccc1F)n2C1CCCC(NC(=O)c2ncc(Cl)s2)C1. The fraction of sp³-hybridized carbons (Fsp3) is 0.231. The van der Waals surface area contributed by atoms with Gasteiger partial charge in [0.1, 0.15) is 21.5 Å². The van der Waals surface area contributed by atoms with Crippen molar-refractivity contribution in [3.63, 3.8) is 0 Å². The summed E-state index contributed by atoms with van der Waals surface area (Å²) in [5.41, 5.74) is 14.5. The molecule has 8 nitrogen and oxygen atoms in total. The average Bonchev–Trinajstić information content (AvgIpc) is 3.51. The van der Waals surface area contributed by atoms with Crippen LogP contribution in [-0.2, 0) is 0 Å². The van der Waals surface area contributed by atoms with Crippen LogP contribution in [0, 0.1) is 5.82 Å². The van der Waals surface area contributed by atoms with Crippen LogP contribution in [0.25, 0.3) is 28.1 Å². The Hall–Kier alpha value is -3.76. The van der Waals surface area contributed by atoms with Crippen LogP contribution >= 0.6 is 22.9 Å². The second kappa shape index (κ2) is 10.7. The molecule has 1 fully saturated rings. The number of nitrogens with zero attached hydrogens (tertiary/aromatic N) is 4. The van der Waals surface area contributed by atoms with E-state index in [9.17, 15) is 9.18 Å². The van der Waals surface area contributed by atoms with Gasteiger partial charge < -0.3 is 21.4 Å². The number of thiazole rings is 1. The van der Waals surface area contributed by atoms with Crippen molar-refractivity contribution in [2.24, 2.45) is 11.5 Å². The van der Waals surface area contributed by atoms with Crippen LogP contribution in [0.1, 0.15) is 47.2 Å². The molecular formula is C26H25ClFN7OS. The molecule has 0 bridgehead atoms. The normalized spacial score (nSPS) is 18.5. The molecule has 37 heavy (non-hydrogen) atoms. The molecule has 2 unspecified atom stereocenters. The first-order valence-corrected chi connectivity index (χ1v) is 13.0. The number of halogens is 2. The molecule has 4 aromatic rings. The molecule has 2 atom stereocenters. The lowest BCUT2D eigenvalue weighted by Gasteiger charge is -2.32. The van der Waals surface area contributed by atoms with Gasteiger partial charge in [-0.15, -0.1) is 0 Å². The zero-order valence-electron chi connectivity index (χ0n) is 19.8. The van der Waals surface area contributed by atoms with Gasteiger partial charge in [-0.05, 0) is 62.2 Å². The van der Waals surface area contributed by atoms with E-state index in [-0.39, 0.29) is 23.8 Å². The Morgan fingerprint density at radius 1 is 1.24 bits per heavy atom. The van der Waals surface area contributed by atoms with Crippen molar-refractivity contribution in [3.05, 3.63) is 81.9 Å². The van der Waals surface area contributed by atoms with E-state index in [2.05, 4.69) is 19.9 Å². The molecule has 1 amide bonds. The monoisotopic (exact) mass is 537 g/mol. The topological polar surface area (TPSA) is 125 Å². The Morgan fingerprint density at radius 3 is 2.84 bits per heavy atom. The Balaban J connectivity index is 1.55. The highest BCUT2D eigenvalue weighted by Crippen LogP contribution is 2.37.